The van der Waals surface area contributed by atoms with Gasteiger partial charge in [0.25, 0.3) is 5.56 Å². The number of pyridine rings is 1. The van der Waals surface area contributed by atoms with Gasteiger partial charge in [-0.15, -0.1) is 0 Å². The highest BCUT2D eigenvalue weighted by Gasteiger charge is 2.11. The fraction of sp³-hybridized carbons (Fsp3) is 0.615. The number of hydrogen-bond donors (Lipinski definition) is 1. The van der Waals surface area contributed by atoms with Gasteiger partial charge >= 0.3 is 0 Å². The first-order valence-corrected chi connectivity index (χ1v) is 6.68. The maximum absolute atomic E-state index is 11.6. The van der Waals surface area contributed by atoms with Crippen LogP contribution in [0.4, 0.5) is 0 Å². The first-order chi connectivity index (χ1) is 7.78. The molecule has 1 unspecified atom stereocenters. The molecule has 0 saturated heterocycles. The molecule has 0 saturated carbocycles. The van der Waals surface area contributed by atoms with Crippen molar-refractivity contribution in [2.24, 2.45) is 5.92 Å². The van der Waals surface area contributed by atoms with E-state index in [1.165, 1.54) is 0 Å². The van der Waals surface area contributed by atoms with E-state index in [2.05, 4.69) is 48.9 Å². The summed E-state index contributed by atoms with van der Waals surface area (Å²) < 4.78 is 2.69. The molecule has 0 spiro atoms. The van der Waals surface area contributed by atoms with Crippen molar-refractivity contribution in [2.75, 3.05) is 6.54 Å². The van der Waals surface area contributed by atoms with E-state index in [0.29, 0.717) is 5.92 Å². The Labute approximate surface area is 111 Å². The SMILES string of the molecule is CC(CNC(C)(C)C)Cn1cc(Br)ccc1=O. The molecular weight excluding hydrogens is 280 g/mol. The smallest absolute Gasteiger partial charge is 0.250 e. The van der Waals surface area contributed by atoms with Crippen molar-refractivity contribution in [1.29, 1.82) is 0 Å². The van der Waals surface area contributed by atoms with Crippen LogP contribution in [0, 0.1) is 5.92 Å². The molecule has 0 bridgehead atoms. The van der Waals surface area contributed by atoms with Crippen molar-refractivity contribution in [1.82, 2.24) is 9.88 Å². The van der Waals surface area contributed by atoms with Gasteiger partial charge < -0.3 is 9.88 Å². The predicted octanol–water partition coefficient (Wildman–Crippen LogP) is 2.64. The van der Waals surface area contributed by atoms with E-state index >= 15 is 0 Å². The first kappa shape index (κ1) is 14.5. The van der Waals surface area contributed by atoms with E-state index in [-0.39, 0.29) is 11.1 Å². The second-order valence-corrected chi connectivity index (χ2v) is 6.49. The summed E-state index contributed by atoms with van der Waals surface area (Å²) in [5.74, 6) is 0.418. The van der Waals surface area contributed by atoms with Crippen molar-refractivity contribution in [3.63, 3.8) is 0 Å². The summed E-state index contributed by atoms with van der Waals surface area (Å²) in [6.45, 7) is 10.2. The molecule has 1 rings (SSSR count). The Balaban J connectivity index is 2.59. The molecule has 96 valence electrons. The molecule has 4 heteroatoms. The molecule has 0 aliphatic rings. The average molecular weight is 301 g/mol. The Hall–Kier alpha value is -0.610. The van der Waals surface area contributed by atoms with Crippen molar-refractivity contribution in [2.45, 2.75) is 39.8 Å². The van der Waals surface area contributed by atoms with Gasteiger partial charge in [0.15, 0.2) is 0 Å². The van der Waals surface area contributed by atoms with E-state index in [4.69, 9.17) is 0 Å². The van der Waals surface area contributed by atoms with Crippen LogP contribution >= 0.6 is 15.9 Å². The van der Waals surface area contributed by atoms with Gasteiger partial charge in [-0.2, -0.15) is 0 Å². The molecule has 17 heavy (non-hydrogen) atoms. The van der Waals surface area contributed by atoms with Crippen LogP contribution in [-0.2, 0) is 6.54 Å². The summed E-state index contributed by atoms with van der Waals surface area (Å²) in [4.78, 5) is 11.6. The summed E-state index contributed by atoms with van der Waals surface area (Å²) in [5, 5.41) is 3.45. The zero-order chi connectivity index (χ0) is 13.1. The lowest BCUT2D eigenvalue weighted by atomic mass is 10.1. The second kappa shape index (κ2) is 5.83. The van der Waals surface area contributed by atoms with Crippen molar-refractivity contribution < 1.29 is 0 Å². The fourth-order valence-corrected chi connectivity index (χ4v) is 1.90. The van der Waals surface area contributed by atoms with Crippen LogP contribution in [-0.4, -0.2) is 16.7 Å². The van der Waals surface area contributed by atoms with Crippen molar-refractivity contribution >= 4 is 15.9 Å². The quantitative estimate of drug-likeness (QED) is 0.927. The normalized spacial score (nSPS) is 13.7. The molecule has 0 radical (unpaired) electrons. The highest BCUT2D eigenvalue weighted by atomic mass is 79.9. The van der Waals surface area contributed by atoms with Crippen LogP contribution in [0.1, 0.15) is 27.7 Å². The second-order valence-electron chi connectivity index (χ2n) is 5.57. The predicted molar refractivity (Wildman–Crippen MR) is 75.3 cm³/mol. The van der Waals surface area contributed by atoms with E-state index in [1.54, 1.807) is 16.7 Å². The molecule has 1 atom stereocenters. The number of halogens is 1. The Kier molecular flexibility index (Phi) is 4.95. The average Bonchev–Trinajstić information content (AvgIpc) is 2.20. The third kappa shape index (κ3) is 5.50. The molecule has 3 nitrogen and oxygen atoms in total. The van der Waals surface area contributed by atoms with Gasteiger partial charge in [0.2, 0.25) is 0 Å². The summed E-state index contributed by atoms with van der Waals surface area (Å²) in [6, 6.07) is 3.37. The van der Waals surface area contributed by atoms with Gasteiger partial charge in [0.05, 0.1) is 0 Å². The number of aromatic nitrogens is 1. The van der Waals surface area contributed by atoms with Gasteiger partial charge in [0.1, 0.15) is 0 Å². The Morgan fingerprint density at radius 2 is 2.06 bits per heavy atom. The van der Waals surface area contributed by atoms with Gasteiger partial charge in [-0.05, 0) is 55.2 Å². The third-order valence-electron chi connectivity index (χ3n) is 2.44. The van der Waals surface area contributed by atoms with Crippen LogP contribution in [0.25, 0.3) is 0 Å². The highest BCUT2D eigenvalue weighted by molar-refractivity contribution is 9.10. The zero-order valence-electron chi connectivity index (χ0n) is 11.0. The lowest BCUT2D eigenvalue weighted by Gasteiger charge is -2.23. The molecule has 1 N–H and O–H groups in total. The molecule has 1 heterocycles. The minimum atomic E-state index is 0.0517. The monoisotopic (exact) mass is 300 g/mol. The van der Waals surface area contributed by atoms with Crippen molar-refractivity contribution in [3.05, 3.63) is 33.2 Å². The van der Waals surface area contributed by atoms with Crippen molar-refractivity contribution in [3.8, 4) is 0 Å². The van der Waals surface area contributed by atoms with E-state index in [1.807, 2.05) is 6.20 Å². The zero-order valence-corrected chi connectivity index (χ0v) is 12.5. The van der Waals surface area contributed by atoms with Gasteiger partial charge in [-0.3, -0.25) is 4.79 Å². The fourth-order valence-electron chi connectivity index (χ4n) is 1.53. The van der Waals surface area contributed by atoms with E-state index < -0.39 is 0 Å². The van der Waals surface area contributed by atoms with Gasteiger partial charge in [-0.25, -0.2) is 0 Å². The maximum atomic E-state index is 11.6. The number of rotatable bonds is 4. The lowest BCUT2D eigenvalue weighted by Crippen LogP contribution is -2.40. The maximum Gasteiger partial charge on any atom is 0.250 e. The summed E-state index contributed by atoms with van der Waals surface area (Å²) in [5.41, 5.74) is 0.173. The van der Waals surface area contributed by atoms with E-state index in [0.717, 1.165) is 17.6 Å². The molecule has 1 aromatic heterocycles. The van der Waals surface area contributed by atoms with Crippen LogP contribution in [0.5, 0.6) is 0 Å². The van der Waals surface area contributed by atoms with Crippen LogP contribution in [0.2, 0.25) is 0 Å². The minimum absolute atomic E-state index is 0.0517. The molecule has 0 aliphatic carbocycles. The van der Waals surface area contributed by atoms with Crippen LogP contribution in [0.15, 0.2) is 27.6 Å². The topological polar surface area (TPSA) is 34.0 Å². The van der Waals surface area contributed by atoms with Gasteiger partial charge in [-0.1, -0.05) is 6.92 Å². The molecular formula is C13H21BrN2O. The summed E-state index contributed by atoms with van der Waals surface area (Å²) in [6.07, 6.45) is 1.84. The number of hydrogen-bond acceptors (Lipinski definition) is 2. The summed E-state index contributed by atoms with van der Waals surface area (Å²) >= 11 is 3.38. The summed E-state index contributed by atoms with van der Waals surface area (Å²) in [7, 11) is 0. The Morgan fingerprint density at radius 3 is 2.65 bits per heavy atom. The number of nitrogens with one attached hydrogen (secondary N) is 1. The van der Waals surface area contributed by atoms with E-state index in [9.17, 15) is 4.79 Å². The Morgan fingerprint density at radius 1 is 1.41 bits per heavy atom. The first-order valence-electron chi connectivity index (χ1n) is 5.89. The number of nitrogens with zero attached hydrogens (tertiary/aromatic N) is 1. The third-order valence-corrected chi connectivity index (χ3v) is 2.91. The molecule has 0 amide bonds. The minimum Gasteiger partial charge on any atom is -0.314 e. The molecule has 0 fully saturated rings. The van der Waals surface area contributed by atoms with Gasteiger partial charge in [0, 0.05) is 28.8 Å². The highest BCUT2D eigenvalue weighted by Crippen LogP contribution is 2.07. The largest absolute Gasteiger partial charge is 0.314 e. The molecule has 1 aromatic rings. The lowest BCUT2D eigenvalue weighted by molar-refractivity contribution is 0.358. The Bertz CT molecular complexity index is 420. The van der Waals surface area contributed by atoms with Crippen LogP contribution in [0.3, 0.4) is 0 Å². The molecule has 0 aromatic carbocycles. The standard InChI is InChI=1S/C13H21BrN2O/c1-10(7-15-13(2,3)4)8-16-9-11(14)5-6-12(16)17/h5-6,9-10,15H,7-8H2,1-4H3. The van der Waals surface area contributed by atoms with Crippen LogP contribution < -0.4 is 10.9 Å². The molecule has 0 aliphatic heterocycles.